The normalized spacial score (nSPS) is 11.2. The van der Waals surface area contributed by atoms with Crippen LogP contribution in [0.15, 0.2) is 48.5 Å². The summed E-state index contributed by atoms with van der Waals surface area (Å²) in [6.45, 7) is 5.36. The second-order valence-corrected chi connectivity index (χ2v) is 5.68. The van der Waals surface area contributed by atoms with Crippen molar-refractivity contribution in [3.8, 4) is 22.6 Å². The predicted molar refractivity (Wildman–Crippen MR) is 78.6 cm³/mol. The van der Waals surface area contributed by atoms with Gasteiger partial charge >= 0.3 is 5.97 Å². The summed E-state index contributed by atoms with van der Waals surface area (Å²) in [4.78, 5) is 11.8. The lowest BCUT2D eigenvalue weighted by atomic mass is 9.97. The van der Waals surface area contributed by atoms with E-state index >= 15 is 0 Å². The van der Waals surface area contributed by atoms with Crippen molar-refractivity contribution >= 4 is 5.97 Å². The molecule has 0 atom stereocenters. The first-order valence-electron chi connectivity index (χ1n) is 6.48. The SMILES string of the molecule is CC(C)(C)C(=O)Oc1ccc(-c2ccccc2)c(O)c1. The highest BCUT2D eigenvalue weighted by Gasteiger charge is 2.24. The Balaban J connectivity index is 2.25. The number of esters is 1. The second kappa shape index (κ2) is 5.37. The number of phenols is 1. The summed E-state index contributed by atoms with van der Waals surface area (Å²) in [5, 5.41) is 10.1. The average Bonchev–Trinajstić information content (AvgIpc) is 2.38. The lowest BCUT2D eigenvalue weighted by molar-refractivity contribution is -0.142. The molecule has 3 heteroatoms. The number of ether oxygens (including phenoxy) is 1. The van der Waals surface area contributed by atoms with Gasteiger partial charge in [-0.1, -0.05) is 30.3 Å². The molecule has 0 aliphatic rings. The molecule has 0 aromatic heterocycles. The summed E-state index contributed by atoms with van der Waals surface area (Å²) < 4.78 is 5.25. The number of hydrogen-bond donors (Lipinski definition) is 1. The summed E-state index contributed by atoms with van der Waals surface area (Å²) in [5.41, 5.74) is 1.05. The van der Waals surface area contributed by atoms with Crippen molar-refractivity contribution in [3.63, 3.8) is 0 Å². The molecule has 2 aromatic carbocycles. The zero-order valence-electron chi connectivity index (χ0n) is 11.9. The molecule has 104 valence electrons. The van der Waals surface area contributed by atoms with Crippen molar-refractivity contribution in [2.24, 2.45) is 5.41 Å². The maximum Gasteiger partial charge on any atom is 0.316 e. The van der Waals surface area contributed by atoms with Crippen LogP contribution in [0.5, 0.6) is 11.5 Å². The zero-order valence-corrected chi connectivity index (χ0v) is 11.9. The molecule has 0 spiro atoms. The number of hydrogen-bond acceptors (Lipinski definition) is 3. The average molecular weight is 270 g/mol. The molecule has 20 heavy (non-hydrogen) atoms. The summed E-state index contributed by atoms with van der Waals surface area (Å²) in [6, 6.07) is 14.4. The quantitative estimate of drug-likeness (QED) is 0.662. The van der Waals surface area contributed by atoms with Crippen LogP contribution in [0.25, 0.3) is 11.1 Å². The van der Waals surface area contributed by atoms with Gasteiger partial charge in [-0.15, -0.1) is 0 Å². The monoisotopic (exact) mass is 270 g/mol. The molecule has 0 amide bonds. The van der Waals surface area contributed by atoms with Gasteiger partial charge in [0.1, 0.15) is 11.5 Å². The van der Waals surface area contributed by atoms with Crippen LogP contribution in [0.3, 0.4) is 0 Å². The van der Waals surface area contributed by atoms with Crippen molar-refractivity contribution in [3.05, 3.63) is 48.5 Å². The standard InChI is InChI=1S/C17H18O3/c1-17(2,3)16(19)20-13-9-10-14(15(18)11-13)12-7-5-4-6-8-12/h4-11,18H,1-3H3. The summed E-state index contributed by atoms with van der Waals surface area (Å²) in [5.74, 6) is 0.113. The van der Waals surface area contributed by atoms with Crippen LogP contribution in [0.2, 0.25) is 0 Å². The van der Waals surface area contributed by atoms with Crippen LogP contribution in [-0.2, 0) is 4.79 Å². The Morgan fingerprint density at radius 3 is 2.25 bits per heavy atom. The molecule has 0 saturated carbocycles. The van der Waals surface area contributed by atoms with Gasteiger partial charge in [-0.25, -0.2) is 0 Å². The third-order valence-corrected chi connectivity index (χ3v) is 2.88. The van der Waals surface area contributed by atoms with E-state index in [1.807, 2.05) is 30.3 Å². The molecular weight excluding hydrogens is 252 g/mol. The first-order valence-corrected chi connectivity index (χ1v) is 6.48. The van der Waals surface area contributed by atoms with E-state index in [2.05, 4.69) is 0 Å². The van der Waals surface area contributed by atoms with Crippen LogP contribution in [0.4, 0.5) is 0 Å². The number of aromatic hydroxyl groups is 1. The molecular formula is C17H18O3. The van der Waals surface area contributed by atoms with Crippen LogP contribution >= 0.6 is 0 Å². The van der Waals surface area contributed by atoms with Gasteiger partial charge in [-0.05, 0) is 38.5 Å². The van der Waals surface area contributed by atoms with E-state index in [4.69, 9.17) is 4.74 Å². The molecule has 0 bridgehead atoms. The molecule has 0 aliphatic carbocycles. The van der Waals surface area contributed by atoms with E-state index in [1.165, 1.54) is 6.07 Å². The molecule has 0 saturated heterocycles. The van der Waals surface area contributed by atoms with Crippen molar-refractivity contribution in [1.29, 1.82) is 0 Å². The topological polar surface area (TPSA) is 46.5 Å². The molecule has 3 nitrogen and oxygen atoms in total. The summed E-state index contributed by atoms with van der Waals surface area (Å²) >= 11 is 0. The van der Waals surface area contributed by atoms with Crippen LogP contribution in [0.1, 0.15) is 20.8 Å². The van der Waals surface area contributed by atoms with Crippen molar-refractivity contribution in [2.45, 2.75) is 20.8 Å². The van der Waals surface area contributed by atoms with E-state index in [-0.39, 0.29) is 11.7 Å². The molecule has 1 N–H and O–H groups in total. The van der Waals surface area contributed by atoms with Crippen molar-refractivity contribution in [2.75, 3.05) is 0 Å². The van der Waals surface area contributed by atoms with Gasteiger partial charge in [0.05, 0.1) is 5.41 Å². The van der Waals surface area contributed by atoms with Crippen molar-refractivity contribution < 1.29 is 14.6 Å². The molecule has 0 fully saturated rings. The fraction of sp³-hybridized carbons (Fsp3) is 0.235. The lowest BCUT2D eigenvalue weighted by Gasteiger charge is -2.16. The maximum atomic E-state index is 11.8. The molecule has 0 heterocycles. The minimum atomic E-state index is -0.576. The van der Waals surface area contributed by atoms with Gasteiger partial charge < -0.3 is 9.84 Å². The Kier molecular flexibility index (Phi) is 3.79. The van der Waals surface area contributed by atoms with Gasteiger partial charge in [0, 0.05) is 11.6 Å². The molecule has 2 rings (SSSR count). The van der Waals surface area contributed by atoms with Crippen LogP contribution in [0, 0.1) is 5.41 Å². The number of benzene rings is 2. The highest BCUT2D eigenvalue weighted by atomic mass is 16.5. The fourth-order valence-corrected chi connectivity index (χ4v) is 1.70. The Bertz CT molecular complexity index is 610. The van der Waals surface area contributed by atoms with Crippen molar-refractivity contribution in [1.82, 2.24) is 0 Å². The van der Waals surface area contributed by atoms with E-state index in [1.54, 1.807) is 32.9 Å². The highest BCUT2D eigenvalue weighted by molar-refractivity contribution is 5.79. The largest absolute Gasteiger partial charge is 0.507 e. The first kappa shape index (κ1) is 14.1. The maximum absolute atomic E-state index is 11.8. The number of phenolic OH excluding ortho intramolecular Hbond substituents is 1. The predicted octanol–water partition coefficient (Wildman–Crippen LogP) is 4.01. The number of carbonyl (C=O) groups excluding carboxylic acids is 1. The van der Waals surface area contributed by atoms with Gasteiger partial charge in [0.15, 0.2) is 0 Å². The number of rotatable bonds is 2. The molecule has 2 aromatic rings. The van der Waals surface area contributed by atoms with Gasteiger partial charge in [-0.3, -0.25) is 4.79 Å². The Labute approximate surface area is 118 Å². The van der Waals surface area contributed by atoms with E-state index in [0.29, 0.717) is 11.3 Å². The third kappa shape index (κ3) is 3.18. The minimum absolute atomic E-state index is 0.0930. The Hall–Kier alpha value is -2.29. The van der Waals surface area contributed by atoms with E-state index < -0.39 is 5.41 Å². The third-order valence-electron chi connectivity index (χ3n) is 2.88. The minimum Gasteiger partial charge on any atom is -0.507 e. The number of carbonyl (C=O) groups is 1. The fourth-order valence-electron chi connectivity index (χ4n) is 1.70. The van der Waals surface area contributed by atoms with Crippen LogP contribution < -0.4 is 4.74 Å². The smallest absolute Gasteiger partial charge is 0.316 e. The van der Waals surface area contributed by atoms with Gasteiger partial charge in [-0.2, -0.15) is 0 Å². The summed E-state index contributed by atoms with van der Waals surface area (Å²) in [7, 11) is 0. The Morgan fingerprint density at radius 1 is 1.05 bits per heavy atom. The molecule has 0 radical (unpaired) electrons. The van der Waals surface area contributed by atoms with E-state index in [9.17, 15) is 9.90 Å². The Morgan fingerprint density at radius 2 is 1.70 bits per heavy atom. The summed E-state index contributed by atoms with van der Waals surface area (Å²) in [6.07, 6.45) is 0. The van der Waals surface area contributed by atoms with Gasteiger partial charge in [0.25, 0.3) is 0 Å². The highest BCUT2D eigenvalue weighted by Crippen LogP contribution is 2.32. The zero-order chi connectivity index (χ0) is 14.8. The molecule has 0 unspecified atom stereocenters. The van der Waals surface area contributed by atoms with E-state index in [0.717, 1.165) is 5.56 Å². The lowest BCUT2D eigenvalue weighted by Crippen LogP contribution is -2.25. The van der Waals surface area contributed by atoms with Crippen LogP contribution in [-0.4, -0.2) is 11.1 Å². The molecule has 0 aliphatic heterocycles. The van der Waals surface area contributed by atoms with Gasteiger partial charge in [0.2, 0.25) is 0 Å². The first-order chi connectivity index (χ1) is 9.38. The second-order valence-electron chi connectivity index (χ2n) is 5.68.